The van der Waals surface area contributed by atoms with Crippen molar-refractivity contribution in [2.75, 3.05) is 18.8 Å². The Morgan fingerprint density at radius 2 is 2.13 bits per heavy atom. The van der Waals surface area contributed by atoms with Gasteiger partial charge in [0.25, 0.3) is 0 Å². The van der Waals surface area contributed by atoms with Crippen molar-refractivity contribution in [3.63, 3.8) is 0 Å². The van der Waals surface area contributed by atoms with E-state index in [0.717, 1.165) is 38.0 Å². The van der Waals surface area contributed by atoms with Gasteiger partial charge in [-0.05, 0) is 74.5 Å². The standard InChI is InChI=1S/C20H27N3/c1-2-23(14-6-9-17-8-3-4-13-22-17)18-11-12-19-16(15-18)7-5-10-20(19)21/h3-5,7-8,10,13,18H,2,6,9,11-12,14-15,21H2,1H3. The number of aryl methyl sites for hydroxylation is 1. The largest absolute Gasteiger partial charge is 0.398 e. The summed E-state index contributed by atoms with van der Waals surface area (Å²) in [6, 6.07) is 13.2. The highest BCUT2D eigenvalue weighted by Crippen LogP contribution is 2.28. The number of nitrogens with two attached hydrogens (primary N) is 1. The van der Waals surface area contributed by atoms with E-state index < -0.39 is 0 Å². The van der Waals surface area contributed by atoms with Crippen LogP contribution in [0.4, 0.5) is 5.69 Å². The Labute approximate surface area is 139 Å². The maximum absolute atomic E-state index is 6.12. The van der Waals surface area contributed by atoms with Gasteiger partial charge in [-0.1, -0.05) is 25.1 Å². The quantitative estimate of drug-likeness (QED) is 0.831. The Kier molecular flexibility index (Phi) is 5.29. The van der Waals surface area contributed by atoms with Gasteiger partial charge in [-0.3, -0.25) is 4.98 Å². The molecule has 0 spiro atoms. The monoisotopic (exact) mass is 309 g/mol. The van der Waals surface area contributed by atoms with Crippen molar-refractivity contribution in [1.29, 1.82) is 0 Å². The number of hydrogen-bond donors (Lipinski definition) is 1. The third-order valence-electron chi connectivity index (χ3n) is 5.02. The summed E-state index contributed by atoms with van der Waals surface area (Å²) in [5.41, 5.74) is 11.1. The van der Waals surface area contributed by atoms with Crippen molar-refractivity contribution in [3.05, 3.63) is 59.4 Å². The smallest absolute Gasteiger partial charge is 0.0404 e. The van der Waals surface area contributed by atoms with Gasteiger partial charge < -0.3 is 10.6 Å². The molecule has 122 valence electrons. The number of aromatic nitrogens is 1. The number of fused-ring (bicyclic) bond motifs is 1. The molecule has 0 saturated heterocycles. The van der Waals surface area contributed by atoms with Gasteiger partial charge in [0.15, 0.2) is 0 Å². The highest BCUT2D eigenvalue weighted by atomic mass is 15.1. The predicted octanol–water partition coefficient (Wildman–Crippen LogP) is 3.48. The van der Waals surface area contributed by atoms with Crippen LogP contribution in [0.3, 0.4) is 0 Å². The van der Waals surface area contributed by atoms with Crippen LogP contribution in [0.2, 0.25) is 0 Å². The molecular formula is C20H27N3. The van der Waals surface area contributed by atoms with E-state index in [1.807, 2.05) is 18.3 Å². The van der Waals surface area contributed by atoms with Crippen LogP contribution in [-0.2, 0) is 19.3 Å². The first-order chi connectivity index (χ1) is 11.3. The summed E-state index contributed by atoms with van der Waals surface area (Å²) in [5.74, 6) is 0. The lowest BCUT2D eigenvalue weighted by molar-refractivity contribution is 0.187. The molecule has 0 bridgehead atoms. The molecule has 3 rings (SSSR count). The summed E-state index contributed by atoms with van der Waals surface area (Å²) < 4.78 is 0. The number of hydrogen-bond acceptors (Lipinski definition) is 3. The molecule has 1 atom stereocenters. The number of nitrogen functional groups attached to an aromatic ring is 1. The van der Waals surface area contributed by atoms with Crippen molar-refractivity contribution < 1.29 is 0 Å². The lowest BCUT2D eigenvalue weighted by Gasteiger charge is -2.35. The number of nitrogens with zero attached hydrogens (tertiary/aromatic N) is 2. The molecule has 1 unspecified atom stereocenters. The van der Waals surface area contributed by atoms with Gasteiger partial charge >= 0.3 is 0 Å². The highest BCUT2D eigenvalue weighted by Gasteiger charge is 2.24. The van der Waals surface area contributed by atoms with E-state index in [9.17, 15) is 0 Å². The third kappa shape index (κ3) is 3.91. The fourth-order valence-electron chi connectivity index (χ4n) is 3.74. The molecule has 0 amide bonds. The predicted molar refractivity (Wildman–Crippen MR) is 96.5 cm³/mol. The van der Waals surface area contributed by atoms with Crippen molar-refractivity contribution in [2.24, 2.45) is 0 Å². The van der Waals surface area contributed by atoms with Crippen molar-refractivity contribution >= 4 is 5.69 Å². The van der Waals surface area contributed by atoms with E-state index in [1.165, 1.54) is 29.7 Å². The van der Waals surface area contributed by atoms with E-state index in [1.54, 1.807) is 0 Å². The molecule has 2 aromatic rings. The number of rotatable bonds is 6. The van der Waals surface area contributed by atoms with Crippen molar-refractivity contribution in [2.45, 2.75) is 45.1 Å². The third-order valence-corrected chi connectivity index (χ3v) is 5.02. The molecule has 0 aliphatic heterocycles. The van der Waals surface area contributed by atoms with E-state index in [4.69, 9.17) is 5.73 Å². The summed E-state index contributed by atoms with van der Waals surface area (Å²) in [6.07, 6.45) is 7.59. The minimum absolute atomic E-state index is 0.651. The minimum atomic E-state index is 0.651. The molecule has 1 aliphatic rings. The second-order valence-corrected chi connectivity index (χ2v) is 6.43. The number of benzene rings is 1. The number of likely N-dealkylation sites (N-methyl/N-ethyl adjacent to an activating group) is 1. The molecule has 0 saturated carbocycles. The zero-order valence-electron chi connectivity index (χ0n) is 14.0. The van der Waals surface area contributed by atoms with Crippen molar-refractivity contribution in [3.8, 4) is 0 Å². The summed E-state index contributed by atoms with van der Waals surface area (Å²) in [4.78, 5) is 7.05. The van der Waals surface area contributed by atoms with Crippen LogP contribution in [-0.4, -0.2) is 29.0 Å². The minimum Gasteiger partial charge on any atom is -0.398 e. The number of anilines is 1. The lowest BCUT2D eigenvalue weighted by atomic mass is 9.86. The van der Waals surface area contributed by atoms with Crippen LogP contribution >= 0.6 is 0 Å². The van der Waals surface area contributed by atoms with E-state index >= 15 is 0 Å². The Hall–Kier alpha value is -1.87. The summed E-state index contributed by atoms with van der Waals surface area (Å²) >= 11 is 0. The van der Waals surface area contributed by atoms with Crippen molar-refractivity contribution in [1.82, 2.24) is 9.88 Å². The zero-order chi connectivity index (χ0) is 16.1. The molecule has 23 heavy (non-hydrogen) atoms. The van der Waals surface area contributed by atoms with Gasteiger partial charge in [-0.15, -0.1) is 0 Å². The van der Waals surface area contributed by atoms with E-state index in [0.29, 0.717) is 6.04 Å². The number of pyridine rings is 1. The molecule has 1 heterocycles. The topological polar surface area (TPSA) is 42.2 Å². The zero-order valence-corrected chi connectivity index (χ0v) is 14.0. The maximum atomic E-state index is 6.12. The molecule has 1 aromatic heterocycles. The SMILES string of the molecule is CCN(CCCc1ccccn1)C1CCc2c(N)cccc2C1. The first-order valence-electron chi connectivity index (χ1n) is 8.78. The molecular weight excluding hydrogens is 282 g/mol. The van der Waals surface area contributed by atoms with Crippen LogP contribution in [0.15, 0.2) is 42.6 Å². The van der Waals surface area contributed by atoms with Gasteiger partial charge in [-0.2, -0.15) is 0 Å². The fourth-order valence-corrected chi connectivity index (χ4v) is 3.74. The highest BCUT2D eigenvalue weighted by molar-refractivity contribution is 5.52. The molecule has 2 N–H and O–H groups in total. The van der Waals surface area contributed by atoms with Gasteiger partial charge in [-0.25, -0.2) is 0 Å². The first kappa shape index (κ1) is 16.0. The van der Waals surface area contributed by atoms with Crippen LogP contribution in [0, 0.1) is 0 Å². The lowest BCUT2D eigenvalue weighted by Crippen LogP contribution is -2.40. The Bertz CT molecular complexity index is 624. The summed E-state index contributed by atoms with van der Waals surface area (Å²) in [7, 11) is 0. The molecule has 1 aromatic carbocycles. The van der Waals surface area contributed by atoms with Gasteiger partial charge in [0.05, 0.1) is 0 Å². The molecule has 0 radical (unpaired) electrons. The van der Waals surface area contributed by atoms with Gasteiger partial charge in [0.1, 0.15) is 0 Å². The van der Waals surface area contributed by atoms with Gasteiger partial charge in [0.2, 0.25) is 0 Å². The average Bonchev–Trinajstić information content (AvgIpc) is 2.60. The maximum Gasteiger partial charge on any atom is 0.0404 e. The van der Waals surface area contributed by atoms with Gasteiger partial charge in [0, 0.05) is 23.6 Å². The molecule has 0 fully saturated rings. The molecule has 3 heteroatoms. The normalized spacial score (nSPS) is 17.2. The van der Waals surface area contributed by atoms with Crippen LogP contribution in [0.25, 0.3) is 0 Å². The summed E-state index contributed by atoms with van der Waals surface area (Å²) in [6.45, 7) is 4.54. The first-order valence-corrected chi connectivity index (χ1v) is 8.78. The Morgan fingerprint density at radius 3 is 2.91 bits per heavy atom. The average molecular weight is 309 g/mol. The van der Waals surface area contributed by atoms with E-state index in [-0.39, 0.29) is 0 Å². The Balaban J connectivity index is 1.57. The Morgan fingerprint density at radius 1 is 1.22 bits per heavy atom. The molecule has 3 nitrogen and oxygen atoms in total. The van der Waals surface area contributed by atoms with Crippen LogP contribution < -0.4 is 5.73 Å². The summed E-state index contributed by atoms with van der Waals surface area (Å²) in [5, 5.41) is 0. The van der Waals surface area contributed by atoms with Crippen LogP contribution in [0.1, 0.15) is 36.6 Å². The van der Waals surface area contributed by atoms with Crippen LogP contribution in [0.5, 0.6) is 0 Å². The fraction of sp³-hybridized carbons (Fsp3) is 0.450. The second-order valence-electron chi connectivity index (χ2n) is 6.43. The van der Waals surface area contributed by atoms with E-state index in [2.05, 4.69) is 41.1 Å². The molecule has 1 aliphatic carbocycles. The second kappa shape index (κ2) is 7.60.